The van der Waals surface area contributed by atoms with Gasteiger partial charge in [0.15, 0.2) is 0 Å². The maximum atomic E-state index is 13.6. The molecule has 10 heteroatoms. The van der Waals surface area contributed by atoms with Gasteiger partial charge < -0.3 is 14.0 Å². The highest BCUT2D eigenvalue weighted by Gasteiger charge is 2.19. The summed E-state index contributed by atoms with van der Waals surface area (Å²) in [7, 11) is 3.41. The summed E-state index contributed by atoms with van der Waals surface area (Å²) in [6.07, 6.45) is 1.80. The SMILES string of the molecule is COc1cccc(COCc2c3c(=O)n(-c4ccccc4Cl)[nH]c3cc(=O)n2Cc2ccn(C)n2)c1. The van der Waals surface area contributed by atoms with Gasteiger partial charge in [0, 0.05) is 19.3 Å². The average Bonchev–Trinajstić information content (AvgIpc) is 3.43. The summed E-state index contributed by atoms with van der Waals surface area (Å²) >= 11 is 6.35. The molecule has 5 aromatic rings. The first-order valence-corrected chi connectivity index (χ1v) is 11.6. The Bertz CT molecular complexity index is 1660. The Hall–Kier alpha value is -4.08. The molecular formula is C26H24ClN5O4. The lowest BCUT2D eigenvalue weighted by molar-refractivity contribution is 0.102. The molecule has 0 bridgehead atoms. The minimum atomic E-state index is -0.326. The van der Waals surface area contributed by atoms with Crippen LogP contribution in [0.3, 0.4) is 0 Å². The van der Waals surface area contributed by atoms with Crippen molar-refractivity contribution < 1.29 is 9.47 Å². The number of fused-ring (bicyclic) bond motifs is 1. The Kier molecular flexibility index (Phi) is 6.49. The van der Waals surface area contributed by atoms with E-state index < -0.39 is 0 Å². The molecule has 9 nitrogen and oxygen atoms in total. The number of H-pyrrole nitrogens is 1. The molecule has 0 saturated carbocycles. The monoisotopic (exact) mass is 505 g/mol. The Balaban J connectivity index is 1.60. The van der Waals surface area contributed by atoms with Gasteiger partial charge >= 0.3 is 0 Å². The van der Waals surface area contributed by atoms with E-state index in [2.05, 4.69) is 10.2 Å². The van der Waals surface area contributed by atoms with Gasteiger partial charge in [-0.15, -0.1) is 0 Å². The first-order chi connectivity index (χ1) is 17.4. The fraction of sp³-hybridized carbons (Fsp3) is 0.192. The maximum absolute atomic E-state index is 13.6. The summed E-state index contributed by atoms with van der Waals surface area (Å²) in [5.74, 6) is 0.721. The minimum absolute atomic E-state index is 0.0340. The number of aromatic amines is 1. The van der Waals surface area contributed by atoms with Crippen LogP contribution in [0.5, 0.6) is 5.75 Å². The van der Waals surface area contributed by atoms with E-state index in [-0.39, 0.29) is 30.9 Å². The highest BCUT2D eigenvalue weighted by atomic mass is 35.5. The second-order valence-corrected chi connectivity index (χ2v) is 8.74. The van der Waals surface area contributed by atoms with Gasteiger partial charge in [-0.2, -0.15) is 5.10 Å². The summed E-state index contributed by atoms with van der Waals surface area (Å²) in [6.45, 7) is 0.505. The largest absolute Gasteiger partial charge is 0.497 e. The molecule has 36 heavy (non-hydrogen) atoms. The Morgan fingerprint density at radius 3 is 2.61 bits per heavy atom. The van der Waals surface area contributed by atoms with Gasteiger partial charge in [0.25, 0.3) is 11.1 Å². The quantitative estimate of drug-likeness (QED) is 0.347. The van der Waals surface area contributed by atoms with E-state index in [0.29, 0.717) is 33.0 Å². The van der Waals surface area contributed by atoms with Crippen LogP contribution >= 0.6 is 11.6 Å². The molecule has 0 radical (unpaired) electrons. The van der Waals surface area contributed by atoms with Crippen LogP contribution in [0.1, 0.15) is 17.0 Å². The zero-order valence-corrected chi connectivity index (χ0v) is 20.5. The van der Waals surface area contributed by atoms with Crippen molar-refractivity contribution in [2.24, 2.45) is 7.05 Å². The molecule has 0 saturated heterocycles. The van der Waals surface area contributed by atoms with Gasteiger partial charge in [-0.1, -0.05) is 35.9 Å². The number of rotatable bonds is 8. The fourth-order valence-electron chi connectivity index (χ4n) is 4.17. The number of aryl methyl sites for hydroxylation is 1. The van der Waals surface area contributed by atoms with Crippen molar-refractivity contribution in [2.45, 2.75) is 19.8 Å². The van der Waals surface area contributed by atoms with Crippen LogP contribution < -0.4 is 15.9 Å². The van der Waals surface area contributed by atoms with Crippen molar-refractivity contribution >= 4 is 22.5 Å². The van der Waals surface area contributed by atoms with Crippen molar-refractivity contribution in [1.29, 1.82) is 0 Å². The second kappa shape index (κ2) is 9.88. The number of ether oxygens (including phenoxy) is 2. The molecule has 0 aliphatic carbocycles. The third kappa shape index (κ3) is 4.58. The average molecular weight is 506 g/mol. The van der Waals surface area contributed by atoms with Crippen LogP contribution in [0.15, 0.2) is 76.4 Å². The van der Waals surface area contributed by atoms with Crippen LogP contribution in [-0.4, -0.2) is 31.2 Å². The molecule has 0 amide bonds. The molecule has 0 atom stereocenters. The Labute approximate surface area is 211 Å². The lowest BCUT2D eigenvalue weighted by Crippen LogP contribution is -2.26. The van der Waals surface area contributed by atoms with E-state index in [1.165, 1.54) is 15.3 Å². The van der Waals surface area contributed by atoms with Crippen LogP contribution in [0.25, 0.3) is 16.6 Å². The lowest BCUT2D eigenvalue weighted by Gasteiger charge is -2.13. The predicted molar refractivity (Wildman–Crippen MR) is 137 cm³/mol. The molecule has 0 fully saturated rings. The van der Waals surface area contributed by atoms with Crippen molar-refractivity contribution in [2.75, 3.05) is 7.11 Å². The predicted octanol–water partition coefficient (Wildman–Crippen LogP) is 3.64. The van der Waals surface area contributed by atoms with Crippen molar-refractivity contribution in [1.82, 2.24) is 24.1 Å². The number of para-hydroxylation sites is 1. The van der Waals surface area contributed by atoms with E-state index in [0.717, 1.165) is 11.3 Å². The molecule has 5 rings (SSSR count). The number of pyridine rings is 1. The minimum Gasteiger partial charge on any atom is -0.497 e. The molecule has 0 unspecified atom stereocenters. The molecule has 0 aliphatic rings. The number of benzene rings is 2. The van der Waals surface area contributed by atoms with Crippen LogP contribution in [-0.2, 0) is 31.5 Å². The van der Waals surface area contributed by atoms with Crippen LogP contribution in [0, 0.1) is 0 Å². The van der Waals surface area contributed by atoms with Crippen LogP contribution in [0.2, 0.25) is 5.02 Å². The van der Waals surface area contributed by atoms with Crippen LogP contribution in [0.4, 0.5) is 0 Å². The molecule has 1 N–H and O–H groups in total. The zero-order chi connectivity index (χ0) is 25.2. The topological polar surface area (TPSA) is 96.1 Å². The highest BCUT2D eigenvalue weighted by Crippen LogP contribution is 2.21. The van der Waals surface area contributed by atoms with Gasteiger partial charge in [-0.25, -0.2) is 4.68 Å². The van der Waals surface area contributed by atoms with E-state index in [9.17, 15) is 9.59 Å². The van der Waals surface area contributed by atoms with Crippen molar-refractivity contribution in [3.63, 3.8) is 0 Å². The summed E-state index contributed by atoms with van der Waals surface area (Å²) in [5, 5.41) is 8.20. The normalized spacial score (nSPS) is 11.3. The molecule has 184 valence electrons. The van der Waals surface area contributed by atoms with Crippen molar-refractivity contribution in [3.05, 3.63) is 110 Å². The third-order valence-corrected chi connectivity index (χ3v) is 6.21. The number of hydrogen-bond donors (Lipinski definition) is 1. The first kappa shape index (κ1) is 23.7. The highest BCUT2D eigenvalue weighted by molar-refractivity contribution is 6.32. The number of hydrogen-bond acceptors (Lipinski definition) is 5. The lowest BCUT2D eigenvalue weighted by atomic mass is 10.2. The molecule has 0 aliphatic heterocycles. The van der Waals surface area contributed by atoms with Gasteiger partial charge in [-0.05, 0) is 35.9 Å². The van der Waals surface area contributed by atoms with E-state index >= 15 is 0 Å². The van der Waals surface area contributed by atoms with Gasteiger partial charge in [-0.3, -0.25) is 19.4 Å². The van der Waals surface area contributed by atoms with Gasteiger partial charge in [0.05, 0.1) is 59.9 Å². The summed E-state index contributed by atoms with van der Waals surface area (Å²) < 4.78 is 15.8. The summed E-state index contributed by atoms with van der Waals surface area (Å²) in [6, 6.07) is 17.8. The molecule has 0 spiro atoms. The second-order valence-electron chi connectivity index (χ2n) is 8.33. The van der Waals surface area contributed by atoms with Crippen molar-refractivity contribution in [3.8, 4) is 11.4 Å². The smallest absolute Gasteiger partial charge is 0.281 e. The molecular weight excluding hydrogens is 482 g/mol. The summed E-state index contributed by atoms with van der Waals surface area (Å²) in [5.41, 5.74) is 2.35. The molecule has 3 heterocycles. The van der Waals surface area contributed by atoms with E-state index in [1.54, 1.807) is 42.3 Å². The summed E-state index contributed by atoms with van der Waals surface area (Å²) in [4.78, 5) is 26.8. The molecule has 3 aromatic heterocycles. The maximum Gasteiger partial charge on any atom is 0.281 e. The standard InChI is InChI=1S/C26H24ClN5O4/c1-30-11-10-18(28-30)14-31-23(16-36-15-17-6-5-7-19(12-17)35-2)25-21(13-24(31)33)29-32(26(25)34)22-9-4-3-8-20(22)27/h3-13,29H,14-16H2,1-2H3. The van der Waals surface area contributed by atoms with Gasteiger partial charge in [0.2, 0.25) is 0 Å². The Morgan fingerprint density at radius 2 is 1.86 bits per heavy atom. The number of methoxy groups -OCH3 is 1. The van der Waals surface area contributed by atoms with Gasteiger partial charge in [0.1, 0.15) is 5.75 Å². The van der Waals surface area contributed by atoms with E-state index in [1.807, 2.05) is 37.4 Å². The zero-order valence-electron chi connectivity index (χ0n) is 19.8. The fourth-order valence-corrected chi connectivity index (χ4v) is 4.39. The first-order valence-electron chi connectivity index (χ1n) is 11.3. The third-order valence-electron chi connectivity index (χ3n) is 5.89. The van der Waals surface area contributed by atoms with E-state index in [4.69, 9.17) is 21.1 Å². The number of aromatic nitrogens is 5. The molecule has 2 aromatic carbocycles. The number of nitrogens with one attached hydrogen (secondary N) is 1. The Morgan fingerprint density at radius 1 is 1.03 bits per heavy atom. The number of halogens is 1. The number of nitrogens with zero attached hydrogens (tertiary/aromatic N) is 4.